The summed E-state index contributed by atoms with van der Waals surface area (Å²) >= 11 is 0. The van der Waals surface area contributed by atoms with Crippen molar-refractivity contribution in [2.45, 2.75) is 52.1 Å². The lowest BCUT2D eigenvalue weighted by Gasteiger charge is -2.29. The van der Waals surface area contributed by atoms with E-state index in [1.54, 1.807) is 26.0 Å². The predicted molar refractivity (Wildman–Crippen MR) is 81.7 cm³/mol. The van der Waals surface area contributed by atoms with Crippen LogP contribution in [0.2, 0.25) is 0 Å². The summed E-state index contributed by atoms with van der Waals surface area (Å²) in [4.78, 5) is 11.6. The summed E-state index contributed by atoms with van der Waals surface area (Å²) < 4.78 is 18.9. The summed E-state index contributed by atoms with van der Waals surface area (Å²) in [5.41, 5.74) is 5.29. The highest BCUT2D eigenvalue weighted by molar-refractivity contribution is 5.84. The summed E-state index contributed by atoms with van der Waals surface area (Å²) in [6.07, 6.45) is 1.21. The maximum Gasteiger partial charge on any atom is 0.237 e. The second kappa shape index (κ2) is 7.41. The number of halogens is 1. The first kappa shape index (κ1) is 17.4. The lowest BCUT2D eigenvalue weighted by atomic mass is 9.94. The number of ether oxygens (including phenoxy) is 1. The number of hydrogen-bond donors (Lipinski definition) is 2. The monoisotopic (exact) mass is 296 g/mol. The molecule has 1 aromatic rings. The van der Waals surface area contributed by atoms with Crippen molar-refractivity contribution in [2.75, 3.05) is 6.61 Å². The highest BCUT2D eigenvalue weighted by Gasteiger charge is 2.30. The van der Waals surface area contributed by atoms with E-state index in [2.05, 4.69) is 5.32 Å². The van der Waals surface area contributed by atoms with Crippen LogP contribution in [0.5, 0.6) is 5.75 Å². The SMILES string of the molecule is Cc1ccc(OCCCC(C)(NC(C)C)C(N)=O)cc1F. The van der Waals surface area contributed by atoms with Crippen molar-refractivity contribution in [3.63, 3.8) is 0 Å². The normalized spacial score (nSPS) is 14.0. The van der Waals surface area contributed by atoms with Gasteiger partial charge in [-0.2, -0.15) is 0 Å². The molecule has 1 amide bonds. The molecule has 0 aromatic heterocycles. The third kappa shape index (κ3) is 5.34. The largest absolute Gasteiger partial charge is 0.493 e. The minimum Gasteiger partial charge on any atom is -0.493 e. The number of rotatable bonds is 8. The maximum atomic E-state index is 13.4. The van der Waals surface area contributed by atoms with Gasteiger partial charge in [-0.1, -0.05) is 6.07 Å². The Labute approximate surface area is 125 Å². The van der Waals surface area contributed by atoms with Gasteiger partial charge in [0.25, 0.3) is 0 Å². The summed E-state index contributed by atoms with van der Waals surface area (Å²) in [5, 5.41) is 3.18. The van der Waals surface area contributed by atoms with Crippen LogP contribution in [0.15, 0.2) is 18.2 Å². The van der Waals surface area contributed by atoms with E-state index in [-0.39, 0.29) is 17.8 Å². The highest BCUT2D eigenvalue weighted by Crippen LogP contribution is 2.18. The molecule has 0 heterocycles. The van der Waals surface area contributed by atoms with Crippen molar-refractivity contribution in [2.24, 2.45) is 5.73 Å². The molecule has 118 valence electrons. The van der Waals surface area contributed by atoms with Crippen molar-refractivity contribution in [3.05, 3.63) is 29.6 Å². The van der Waals surface area contributed by atoms with Crippen LogP contribution in [-0.2, 0) is 4.79 Å². The lowest BCUT2D eigenvalue weighted by Crippen LogP contribution is -2.55. The first-order chi connectivity index (χ1) is 9.74. The molecule has 0 aliphatic heterocycles. The summed E-state index contributed by atoms with van der Waals surface area (Å²) in [5.74, 6) is -0.163. The highest BCUT2D eigenvalue weighted by atomic mass is 19.1. The zero-order valence-corrected chi connectivity index (χ0v) is 13.2. The molecule has 0 bridgehead atoms. The van der Waals surface area contributed by atoms with Gasteiger partial charge in [0.05, 0.1) is 12.1 Å². The summed E-state index contributed by atoms with van der Waals surface area (Å²) in [6, 6.07) is 4.94. The number of benzene rings is 1. The molecule has 4 nitrogen and oxygen atoms in total. The first-order valence-electron chi connectivity index (χ1n) is 7.21. The van der Waals surface area contributed by atoms with Gasteiger partial charge in [-0.15, -0.1) is 0 Å². The number of carbonyl (C=O) groups is 1. The molecule has 0 fully saturated rings. The topological polar surface area (TPSA) is 64.3 Å². The molecular formula is C16H25FN2O2. The van der Waals surface area contributed by atoms with Gasteiger partial charge in [-0.25, -0.2) is 4.39 Å². The molecule has 1 rings (SSSR count). The molecule has 0 spiro atoms. The number of amides is 1. The standard InChI is InChI=1S/C16H25FN2O2/c1-11(2)19-16(4,15(18)20)8-5-9-21-13-7-6-12(3)14(17)10-13/h6-7,10-11,19H,5,8-9H2,1-4H3,(H2,18,20). The Bertz CT molecular complexity index is 491. The van der Waals surface area contributed by atoms with Crippen molar-refractivity contribution < 1.29 is 13.9 Å². The Kier molecular flexibility index (Phi) is 6.15. The molecule has 5 heteroatoms. The van der Waals surface area contributed by atoms with Crippen molar-refractivity contribution >= 4 is 5.91 Å². The van der Waals surface area contributed by atoms with Crippen LogP contribution >= 0.6 is 0 Å². The van der Waals surface area contributed by atoms with Crippen LogP contribution in [-0.4, -0.2) is 24.1 Å². The van der Waals surface area contributed by atoms with Gasteiger partial charge in [0, 0.05) is 12.1 Å². The molecule has 0 aliphatic carbocycles. The van der Waals surface area contributed by atoms with Gasteiger partial charge >= 0.3 is 0 Å². The van der Waals surface area contributed by atoms with E-state index in [1.807, 2.05) is 13.8 Å². The maximum absolute atomic E-state index is 13.4. The van der Waals surface area contributed by atoms with E-state index in [0.717, 1.165) is 0 Å². The fourth-order valence-electron chi connectivity index (χ4n) is 2.18. The lowest BCUT2D eigenvalue weighted by molar-refractivity contribution is -0.124. The zero-order chi connectivity index (χ0) is 16.0. The molecule has 0 aliphatic rings. The molecule has 0 saturated carbocycles. The molecule has 1 atom stereocenters. The molecule has 1 unspecified atom stereocenters. The average Bonchev–Trinajstić information content (AvgIpc) is 2.38. The van der Waals surface area contributed by atoms with E-state index in [9.17, 15) is 9.18 Å². The second-order valence-corrected chi connectivity index (χ2v) is 5.86. The molecule has 0 saturated heterocycles. The van der Waals surface area contributed by atoms with Crippen LogP contribution in [0, 0.1) is 12.7 Å². The van der Waals surface area contributed by atoms with E-state index >= 15 is 0 Å². The fraction of sp³-hybridized carbons (Fsp3) is 0.562. The zero-order valence-electron chi connectivity index (χ0n) is 13.2. The van der Waals surface area contributed by atoms with Crippen LogP contribution in [0.4, 0.5) is 4.39 Å². The molecule has 21 heavy (non-hydrogen) atoms. The second-order valence-electron chi connectivity index (χ2n) is 5.86. The Morgan fingerprint density at radius 2 is 2.14 bits per heavy atom. The van der Waals surface area contributed by atoms with E-state index in [4.69, 9.17) is 10.5 Å². The Hall–Kier alpha value is -1.62. The molecule has 1 aromatic carbocycles. The van der Waals surface area contributed by atoms with Gasteiger partial charge in [0.15, 0.2) is 0 Å². The van der Waals surface area contributed by atoms with E-state index in [0.29, 0.717) is 30.8 Å². The number of nitrogens with two attached hydrogens (primary N) is 1. The number of primary amides is 1. The fourth-order valence-corrected chi connectivity index (χ4v) is 2.18. The molecule has 0 radical (unpaired) electrons. The van der Waals surface area contributed by atoms with Crippen LogP contribution in [0.3, 0.4) is 0 Å². The molecular weight excluding hydrogens is 271 g/mol. The third-order valence-electron chi connectivity index (χ3n) is 3.38. The number of carbonyl (C=O) groups excluding carboxylic acids is 1. The number of aryl methyl sites for hydroxylation is 1. The predicted octanol–water partition coefficient (Wildman–Crippen LogP) is 2.54. The summed E-state index contributed by atoms with van der Waals surface area (Å²) in [6.45, 7) is 7.83. The van der Waals surface area contributed by atoms with Crippen LogP contribution in [0.25, 0.3) is 0 Å². The quantitative estimate of drug-likeness (QED) is 0.725. The third-order valence-corrected chi connectivity index (χ3v) is 3.38. The van der Waals surface area contributed by atoms with E-state index in [1.165, 1.54) is 6.07 Å². The Morgan fingerprint density at radius 1 is 1.48 bits per heavy atom. The van der Waals surface area contributed by atoms with Crippen molar-refractivity contribution in [3.8, 4) is 5.75 Å². The van der Waals surface area contributed by atoms with Crippen molar-refractivity contribution in [1.82, 2.24) is 5.32 Å². The van der Waals surface area contributed by atoms with Gasteiger partial charge in [0.1, 0.15) is 11.6 Å². The Balaban J connectivity index is 2.47. The number of nitrogens with one attached hydrogen (secondary N) is 1. The minimum absolute atomic E-state index is 0.162. The van der Waals surface area contributed by atoms with Crippen molar-refractivity contribution in [1.29, 1.82) is 0 Å². The Morgan fingerprint density at radius 3 is 2.67 bits per heavy atom. The van der Waals surface area contributed by atoms with Crippen LogP contribution < -0.4 is 15.8 Å². The van der Waals surface area contributed by atoms with Gasteiger partial charge < -0.3 is 15.8 Å². The first-order valence-corrected chi connectivity index (χ1v) is 7.21. The summed E-state index contributed by atoms with van der Waals surface area (Å²) in [7, 11) is 0. The van der Waals surface area contributed by atoms with Gasteiger partial charge in [-0.3, -0.25) is 4.79 Å². The molecule has 3 N–H and O–H groups in total. The van der Waals surface area contributed by atoms with Crippen LogP contribution in [0.1, 0.15) is 39.2 Å². The average molecular weight is 296 g/mol. The van der Waals surface area contributed by atoms with E-state index < -0.39 is 5.54 Å². The van der Waals surface area contributed by atoms with Gasteiger partial charge in [-0.05, 0) is 52.2 Å². The smallest absolute Gasteiger partial charge is 0.237 e. The van der Waals surface area contributed by atoms with Gasteiger partial charge in [0.2, 0.25) is 5.91 Å². The minimum atomic E-state index is -0.754. The number of hydrogen-bond acceptors (Lipinski definition) is 3.